The summed E-state index contributed by atoms with van der Waals surface area (Å²) in [6, 6.07) is 9.93. The molecular weight excluding hydrogens is 565 g/mol. The van der Waals surface area contributed by atoms with Gasteiger partial charge in [-0.1, -0.05) is 6.07 Å². The van der Waals surface area contributed by atoms with Crippen LogP contribution in [0, 0.1) is 17.5 Å². The van der Waals surface area contributed by atoms with Gasteiger partial charge in [-0.05, 0) is 44.9 Å². The fourth-order valence-corrected chi connectivity index (χ4v) is 5.72. The van der Waals surface area contributed by atoms with Crippen molar-refractivity contribution >= 4 is 5.97 Å². The van der Waals surface area contributed by atoms with Gasteiger partial charge in [0.1, 0.15) is 46.6 Å². The van der Waals surface area contributed by atoms with Crippen molar-refractivity contribution in [3.05, 3.63) is 89.0 Å². The standard InChI is InChI=1S/C32H29F3N2O6/c1-32(2,40)16-37-14-18(13-36-37)30-24(34)10-20(11-25(30)35)43-26-8-6-23(33)31-22(26)5-7-27(31)42-19-3-4-21-17(9-29(38)39)15-41-28(21)12-19/h3-4,6,8,10-14,17,27,40H,5,7,9,15-16H2,1-2H3,(H,38,39)/t17-,27-/m1/s1. The van der Waals surface area contributed by atoms with Gasteiger partial charge in [-0.15, -0.1) is 0 Å². The molecule has 224 valence electrons. The number of rotatable bonds is 9. The molecule has 4 aromatic rings. The number of carbonyl (C=O) groups is 1. The summed E-state index contributed by atoms with van der Waals surface area (Å²) in [5.74, 6) is -2.20. The lowest BCUT2D eigenvalue weighted by atomic mass is 9.98. The van der Waals surface area contributed by atoms with Gasteiger partial charge in [0.2, 0.25) is 0 Å². The number of hydrogen-bond acceptors (Lipinski definition) is 6. The first-order valence-corrected chi connectivity index (χ1v) is 13.8. The summed E-state index contributed by atoms with van der Waals surface area (Å²) in [6.07, 6.45) is 2.96. The third-order valence-corrected chi connectivity index (χ3v) is 7.52. The highest BCUT2D eigenvalue weighted by Crippen LogP contribution is 2.45. The van der Waals surface area contributed by atoms with E-state index < -0.39 is 35.1 Å². The number of aliphatic hydroxyl groups is 1. The number of hydrogen-bond donors (Lipinski definition) is 2. The molecular formula is C32H29F3N2O6. The number of nitrogens with zero attached hydrogens (tertiary/aromatic N) is 2. The minimum absolute atomic E-state index is 0.0401. The van der Waals surface area contributed by atoms with Crippen LogP contribution in [-0.4, -0.2) is 38.2 Å². The van der Waals surface area contributed by atoms with E-state index in [9.17, 15) is 9.90 Å². The first kappa shape index (κ1) is 28.6. The molecule has 2 N–H and O–H groups in total. The molecule has 1 aliphatic carbocycles. The summed E-state index contributed by atoms with van der Waals surface area (Å²) in [4.78, 5) is 11.1. The predicted octanol–water partition coefficient (Wildman–Crippen LogP) is 6.55. The van der Waals surface area contributed by atoms with Gasteiger partial charge in [0.05, 0.1) is 36.9 Å². The zero-order chi connectivity index (χ0) is 30.5. The molecule has 8 nitrogen and oxygen atoms in total. The minimum Gasteiger partial charge on any atom is -0.492 e. The van der Waals surface area contributed by atoms with Crippen LogP contribution in [0.3, 0.4) is 0 Å². The lowest BCUT2D eigenvalue weighted by Crippen LogP contribution is -2.26. The number of aliphatic carboxylic acids is 1. The van der Waals surface area contributed by atoms with Crippen molar-refractivity contribution in [2.24, 2.45) is 0 Å². The number of carboxylic acids is 1. The van der Waals surface area contributed by atoms with Gasteiger partial charge in [0, 0.05) is 52.6 Å². The number of halogens is 3. The van der Waals surface area contributed by atoms with E-state index in [0.717, 1.165) is 17.7 Å². The molecule has 0 radical (unpaired) electrons. The van der Waals surface area contributed by atoms with Gasteiger partial charge in [0.15, 0.2) is 0 Å². The third kappa shape index (κ3) is 5.90. The summed E-state index contributed by atoms with van der Waals surface area (Å²) in [7, 11) is 0. The molecule has 0 amide bonds. The Morgan fingerprint density at radius 3 is 2.58 bits per heavy atom. The van der Waals surface area contributed by atoms with Gasteiger partial charge in [-0.25, -0.2) is 13.2 Å². The Labute approximate surface area is 245 Å². The molecule has 3 aromatic carbocycles. The largest absolute Gasteiger partial charge is 0.492 e. The van der Waals surface area contributed by atoms with Crippen LogP contribution in [0.5, 0.6) is 23.0 Å². The first-order chi connectivity index (χ1) is 20.4. The van der Waals surface area contributed by atoms with Gasteiger partial charge in [0.25, 0.3) is 0 Å². The van der Waals surface area contributed by atoms with E-state index in [1.165, 1.54) is 29.2 Å². The van der Waals surface area contributed by atoms with Crippen LogP contribution in [0.15, 0.2) is 54.9 Å². The number of ether oxygens (including phenoxy) is 3. The summed E-state index contributed by atoms with van der Waals surface area (Å²) in [6.45, 7) is 3.61. The topological polar surface area (TPSA) is 103 Å². The second-order valence-electron chi connectivity index (χ2n) is 11.5. The van der Waals surface area contributed by atoms with Crippen LogP contribution >= 0.6 is 0 Å². The van der Waals surface area contributed by atoms with Crippen molar-refractivity contribution in [1.29, 1.82) is 0 Å². The van der Waals surface area contributed by atoms with Crippen molar-refractivity contribution < 1.29 is 42.4 Å². The Morgan fingerprint density at radius 1 is 1.09 bits per heavy atom. The maximum atomic E-state index is 15.1. The maximum Gasteiger partial charge on any atom is 0.304 e. The van der Waals surface area contributed by atoms with Crippen molar-refractivity contribution in [1.82, 2.24) is 9.78 Å². The lowest BCUT2D eigenvalue weighted by Gasteiger charge is -2.17. The molecule has 0 fully saturated rings. The minimum atomic E-state index is -1.06. The van der Waals surface area contributed by atoms with E-state index in [1.54, 1.807) is 32.0 Å². The molecule has 1 aliphatic heterocycles. The molecule has 2 atom stereocenters. The molecule has 0 bridgehead atoms. The van der Waals surface area contributed by atoms with Gasteiger partial charge < -0.3 is 24.4 Å². The highest BCUT2D eigenvalue weighted by molar-refractivity contribution is 5.69. The zero-order valence-electron chi connectivity index (χ0n) is 23.4. The Hall–Kier alpha value is -4.51. The van der Waals surface area contributed by atoms with Crippen LogP contribution in [0.2, 0.25) is 0 Å². The average Bonchev–Trinajstić information content (AvgIpc) is 3.64. The third-order valence-electron chi connectivity index (χ3n) is 7.52. The normalized spacial score (nSPS) is 17.3. The van der Waals surface area contributed by atoms with Crippen LogP contribution in [0.4, 0.5) is 13.2 Å². The molecule has 0 saturated heterocycles. The molecule has 6 rings (SSSR count). The molecule has 1 aromatic heterocycles. The smallest absolute Gasteiger partial charge is 0.304 e. The second-order valence-corrected chi connectivity index (χ2v) is 11.5. The Balaban J connectivity index is 1.21. The van der Waals surface area contributed by atoms with E-state index in [1.807, 2.05) is 0 Å². The summed E-state index contributed by atoms with van der Waals surface area (Å²) in [5.41, 5.74) is 0.514. The molecule has 43 heavy (non-hydrogen) atoms. The molecule has 11 heteroatoms. The van der Waals surface area contributed by atoms with Crippen molar-refractivity contribution in [3.8, 4) is 34.1 Å². The van der Waals surface area contributed by atoms with Crippen LogP contribution in [0.25, 0.3) is 11.1 Å². The fourth-order valence-electron chi connectivity index (χ4n) is 5.72. The van der Waals surface area contributed by atoms with E-state index in [2.05, 4.69) is 5.10 Å². The molecule has 2 heterocycles. The van der Waals surface area contributed by atoms with Gasteiger partial charge in [-0.3, -0.25) is 9.48 Å². The van der Waals surface area contributed by atoms with Crippen LogP contribution in [0.1, 0.15) is 55.4 Å². The number of carboxylic acid groups (broad SMARTS) is 1. The first-order valence-electron chi connectivity index (χ1n) is 13.8. The van der Waals surface area contributed by atoms with Crippen LogP contribution in [-0.2, 0) is 17.8 Å². The number of aromatic nitrogens is 2. The number of fused-ring (bicyclic) bond motifs is 2. The summed E-state index contributed by atoms with van der Waals surface area (Å²) >= 11 is 0. The summed E-state index contributed by atoms with van der Waals surface area (Å²) < 4.78 is 64.4. The number of benzene rings is 3. The highest BCUT2D eigenvalue weighted by atomic mass is 19.1. The predicted molar refractivity (Wildman–Crippen MR) is 149 cm³/mol. The van der Waals surface area contributed by atoms with Gasteiger partial charge >= 0.3 is 5.97 Å². The molecule has 0 unspecified atom stereocenters. The summed E-state index contributed by atoms with van der Waals surface area (Å²) in [5, 5.41) is 23.2. The zero-order valence-corrected chi connectivity index (χ0v) is 23.4. The Morgan fingerprint density at radius 2 is 1.86 bits per heavy atom. The van der Waals surface area contributed by atoms with E-state index in [4.69, 9.17) is 19.3 Å². The van der Waals surface area contributed by atoms with E-state index in [0.29, 0.717) is 35.5 Å². The molecule has 2 aliphatic rings. The molecule has 0 spiro atoms. The van der Waals surface area contributed by atoms with Crippen molar-refractivity contribution in [3.63, 3.8) is 0 Å². The Bertz CT molecular complexity index is 1690. The maximum absolute atomic E-state index is 15.1. The van der Waals surface area contributed by atoms with Crippen molar-refractivity contribution in [2.45, 2.75) is 57.3 Å². The van der Waals surface area contributed by atoms with E-state index >= 15 is 13.2 Å². The van der Waals surface area contributed by atoms with E-state index in [-0.39, 0.29) is 48.1 Å². The monoisotopic (exact) mass is 594 g/mol. The fraction of sp³-hybridized carbons (Fsp3) is 0.312. The molecule has 0 saturated carbocycles. The second kappa shape index (κ2) is 11.0. The highest BCUT2D eigenvalue weighted by Gasteiger charge is 2.32. The SMILES string of the molecule is CC(C)(O)Cn1cc(-c2c(F)cc(Oc3ccc(F)c4c3CC[C@H]4Oc3ccc4c(c3)OC[C@H]4CC(=O)O)cc2F)cn1. The quantitative estimate of drug-likeness (QED) is 0.227. The van der Waals surface area contributed by atoms with Crippen LogP contribution < -0.4 is 14.2 Å². The Kier molecular flexibility index (Phi) is 7.29. The average molecular weight is 595 g/mol. The van der Waals surface area contributed by atoms with Gasteiger partial charge in [-0.2, -0.15) is 5.10 Å². The van der Waals surface area contributed by atoms with Crippen molar-refractivity contribution in [2.75, 3.05) is 6.61 Å². The lowest BCUT2D eigenvalue weighted by molar-refractivity contribution is -0.137.